The van der Waals surface area contributed by atoms with E-state index in [-0.39, 0.29) is 0 Å². The molecule has 3 rings (SSSR count). The van der Waals surface area contributed by atoms with Crippen LogP contribution in [0.2, 0.25) is 0 Å². The summed E-state index contributed by atoms with van der Waals surface area (Å²) in [5.41, 5.74) is 3.30. The SMILES string of the molecule is COc1ccc(Cc2ccnc3[nH]ncc23)cc1. The van der Waals surface area contributed by atoms with Gasteiger partial charge >= 0.3 is 0 Å². The van der Waals surface area contributed by atoms with Crippen molar-refractivity contribution in [2.75, 3.05) is 7.11 Å². The summed E-state index contributed by atoms with van der Waals surface area (Å²) < 4.78 is 5.15. The molecule has 2 heterocycles. The molecule has 3 aromatic rings. The van der Waals surface area contributed by atoms with Gasteiger partial charge in [-0.1, -0.05) is 12.1 Å². The molecule has 0 aliphatic carbocycles. The first-order chi connectivity index (χ1) is 8.86. The molecule has 0 saturated heterocycles. The van der Waals surface area contributed by atoms with Crippen molar-refractivity contribution in [3.63, 3.8) is 0 Å². The predicted molar refractivity (Wildman–Crippen MR) is 69.7 cm³/mol. The van der Waals surface area contributed by atoms with Crippen LogP contribution in [0.1, 0.15) is 11.1 Å². The summed E-state index contributed by atoms with van der Waals surface area (Å²) in [6.07, 6.45) is 4.49. The smallest absolute Gasteiger partial charge is 0.155 e. The van der Waals surface area contributed by atoms with Crippen LogP contribution in [0.5, 0.6) is 5.75 Å². The molecule has 0 aliphatic rings. The van der Waals surface area contributed by atoms with Gasteiger partial charge in [0.05, 0.1) is 13.3 Å². The van der Waals surface area contributed by atoms with Gasteiger partial charge < -0.3 is 4.74 Å². The number of fused-ring (bicyclic) bond motifs is 1. The van der Waals surface area contributed by atoms with Crippen molar-refractivity contribution in [1.29, 1.82) is 0 Å². The van der Waals surface area contributed by atoms with Crippen LogP contribution >= 0.6 is 0 Å². The fourth-order valence-corrected chi connectivity index (χ4v) is 2.02. The van der Waals surface area contributed by atoms with E-state index in [2.05, 4.69) is 27.3 Å². The first-order valence-corrected chi connectivity index (χ1v) is 5.77. The Kier molecular flexibility index (Phi) is 2.68. The van der Waals surface area contributed by atoms with Crippen molar-refractivity contribution in [2.24, 2.45) is 0 Å². The van der Waals surface area contributed by atoms with Gasteiger partial charge in [0.25, 0.3) is 0 Å². The molecule has 0 spiro atoms. The molecule has 1 N–H and O–H groups in total. The molecule has 0 fully saturated rings. The third-order valence-corrected chi connectivity index (χ3v) is 3.00. The Labute approximate surface area is 105 Å². The highest BCUT2D eigenvalue weighted by Crippen LogP contribution is 2.19. The summed E-state index contributed by atoms with van der Waals surface area (Å²) in [5.74, 6) is 0.877. The Hall–Kier alpha value is -2.36. The molecule has 0 aliphatic heterocycles. The molecule has 90 valence electrons. The molecule has 18 heavy (non-hydrogen) atoms. The van der Waals surface area contributed by atoms with Gasteiger partial charge in [-0.2, -0.15) is 5.10 Å². The van der Waals surface area contributed by atoms with Crippen LogP contribution in [0.15, 0.2) is 42.7 Å². The van der Waals surface area contributed by atoms with Crippen LogP contribution in [-0.2, 0) is 6.42 Å². The lowest BCUT2D eigenvalue weighted by molar-refractivity contribution is 0.414. The highest BCUT2D eigenvalue weighted by molar-refractivity contribution is 5.78. The van der Waals surface area contributed by atoms with E-state index in [0.717, 1.165) is 23.2 Å². The highest BCUT2D eigenvalue weighted by atomic mass is 16.5. The number of nitrogens with zero attached hydrogens (tertiary/aromatic N) is 2. The maximum atomic E-state index is 5.15. The standard InChI is InChI=1S/C14H13N3O/c1-18-12-4-2-10(3-5-12)8-11-6-7-15-14-13(11)9-16-17-14/h2-7,9H,8H2,1H3,(H,15,16,17). The number of hydrogen-bond acceptors (Lipinski definition) is 3. The van der Waals surface area contributed by atoms with E-state index in [0.29, 0.717) is 0 Å². The highest BCUT2D eigenvalue weighted by Gasteiger charge is 2.04. The molecule has 4 heteroatoms. The van der Waals surface area contributed by atoms with Crippen molar-refractivity contribution in [1.82, 2.24) is 15.2 Å². The summed E-state index contributed by atoms with van der Waals surface area (Å²) in [4.78, 5) is 4.23. The molecular weight excluding hydrogens is 226 g/mol. The van der Waals surface area contributed by atoms with Gasteiger partial charge in [-0.25, -0.2) is 4.98 Å². The summed E-state index contributed by atoms with van der Waals surface area (Å²) in [7, 11) is 1.67. The number of pyridine rings is 1. The molecule has 4 nitrogen and oxygen atoms in total. The monoisotopic (exact) mass is 239 g/mol. The third-order valence-electron chi connectivity index (χ3n) is 3.00. The Balaban J connectivity index is 1.93. The zero-order valence-electron chi connectivity index (χ0n) is 10.1. The molecule has 1 aromatic carbocycles. The number of nitrogens with one attached hydrogen (secondary N) is 1. The van der Waals surface area contributed by atoms with Gasteiger partial charge in [-0.3, -0.25) is 5.10 Å². The number of hydrogen-bond donors (Lipinski definition) is 1. The van der Waals surface area contributed by atoms with Crippen LogP contribution in [0.4, 0.5) is 0 Å². The normalized spacial score (nSPS) is 10.7. The van der Waals surface area contributed by atoms with Gasteiger partial charge in [0, 0.05) is 11.6 Å². The zero-order chi connectivity index (χ0) is 12.4. The van der Waals surface area contributed by atoms with E-state index in [4.69, 9.17) is 4.74 Å². The molecule has 0 unspecified atom stereocenters. The summed E-state index contributed by atoms with van der Waals surface area (Å²) in [6.45, 7) is 0. The number of aromatic amines is 1. The third kappa shape index (κ3) is 1.93. The van der Waals surface area contributed by atoms with Crippen molar-refractivity contribution in [3.05, 3.63) is 53.9 Å². The minimum atomic E-state index is 0.834. The number of aromatic nitrogens is 3. The number of methoxy groups -OCH3 is 1. The van der Waals surface area contributed by atoms with Crippen LogP contribution in [0.25, 0.3) is 11.0 Å². The van der Waals surface area contributed by atoms with Crippen LogP contribution in [0.3, 0.4) is 0 Å². The maximum absolute atomic E-state index is 5.15. The average Bonchev–Trinajstić information content (AvgIpc) is 2.89. The number of ether oxygens (including phenoxy) is 1. The minimum absolute atomic E-state index is 0.834. The van der Waals surface area contributed by atoms with Gasteiger partial charge in [0.15, 0.2) is 5.65 Å². The number of H-pyrrole nitrogens is 1. The first-order valence-electron chi connectivity index (χ1n) is 5.77. The average molecular weight is 239 g/mol. The van der Waals surface area contributed by atoms with E-state index >= 15 is 0 Å². The molecule has 2 aromatic heterocycles. The van der Waals surface area contributed by atoms with Crippen LogP contribution in [0, 0.1) is 0 Å². The second-order valence-electron chi connectivity index (χ2n) is 4.13. The Morgan fingerprint density at radius 3 is 2.78 bits per heavy atom. The van der Waals surface area contributed by atoms with Crippen molar-refractivity contribution < 1.29 is 4.74 Å². The fraction of sp³-hybridized carbons (Fsp3) is 0.143. The quantitative estimate of drug-likeness (QED) is 0.764. The van der Waals surface area contributed by atoms with E-state index in [1.54, 1.807) is 13.3 Å². The second kappa shape index (κ2) is 4.49. The second-order valence-corrected chi connectivity index (χ2v) is 4.13. The van der Waals surface area contributed by atoms with E-state index in [9.17, 15) is 0 Å². The molecule has 0 atom stereocenters. The van der Waals surface area contributed by atoms with Crippen LogP contribution in [-0.4, -0.2) is 22.3 Å². The Bertz CT molecular complexity index is 658. The first kappa shape index (κ1) is 10.8. The number of benzene rings is 1. The van der Waals surface area contributed by atoms with Crippen molar-refractivity contribution >= 4 is 11.0 Å². The van der Waals surface area contributed by atoms with E-state index in [1.165, 1.54) is 11.1 Å². The van der Waals surface area contributed by atoms with Gasteiger partial charge in [0.2, 0.25) is 0 Å². The molecular formula is C14H13N3O. The minimum Gasteiger partial charge on any atom is -0.497 e. The zero-order valence-corrected chi connectivity index (χ0v) is 10.1. The Morgan fingerprint density at radius 2 is 2.00 bits per heavy atom. The van der Waals surface area contributed by atoms with Gasteiger partial charge in [-0.05, 0) is 35.7 Å². The van der Waals surface area contributed by atoms with Crippen molar-refractivity contribution in [2.45, 2.75) is 6.42 Å². The molecule has 0 saturated carbocycles. The Morgan fingerprint density at radius 1 is 1.17 bits per heavy atom. The number of rotatable bonds is 3. The fourth-order valence-electron chi connectivity index (χ4n) is 2.02. The summed E-state index contributed by atoms with van der Waals surface area (Å²) in [6, 6.07) is 10.1. The summed E-state index contributed by atoms with van der Waals surface area (Å²) in [5, 5.41) is 7.98. The summed E-state index contributed by atoms with van der Waals surface area (Å²) >= 11 is 0. The van der Waals surface area contributed by atoms with E-state index < -0.39 is 0 Å². The topological polar surface area (TPSA) is 50.8 Å². The molecule has 0 bridgehead atoms. The van der Waals surface area contributed by atoms with Gasteiger partial charge in [-0.15, -0.1) is 0 Å². The lowest BCUT2D eigenvalue weighted by Gasteiger charge is -2.04. The van der Waals surface area contributed by atoms with Crippen LogP contribution < -0.4 is 4.74 Å². The lowest BCUT2D eigenvalue weighted by atomic mass is 10.0. The lowest BCUT2D eigenvalue weighted by Crippen LogP contribution is -1.90. The molecule has 0 radical (unpaired) electrons. The predicted octanol–water partition coefficient (Wildman–Crippen LogP) is 2.56. The van der Waals surface area contributed by atoms with Gasteiger partial charge in [0.1, 0.15) is 5.75 Å². The maximum Gasteiger partial charge on any atom is 0.155 e. The van der Waals surface area contributed by atoms with E-state index in [1.807, 2.05) is 24.4 Å². The largest absolute Gasteiger partial charge is 0.497 e. The molecule has 0 amide bonds. The van der Waals surface area contributed by atoms with Crippen molar-refractivity contribution in [3.8, 4) is 5.75 Å².